The van der Waals surface area contributed by atoms with Crippen molar-refractivity contribution in [3.8, 4) is 0 Å². The Hall–Kier alpha value is -0.200. The van der Waals surface area contributed by atoms with Crippen LogP contribution in [-0.4, -0.2) is 111 Å². The van der Waals surface area contributed by atoms with Gasteiger partial charge < -0.3 is 24.9 Å². The van der Waals surface area contributed by atoms with Crippen LogP contribution in [0.2, 0.25) is 0 Å². The predicted molar refractivity (Wildman–Crippen MR) is 162 cm³/mol. The Morgan fingerprint density at radius 2 is 1.21 bits per heavy atom. The van der Waals surface area contributed by atoms with Crippen LogP contribution in [0.25, 0.3) is 0 Å². The van der Waals surface area contributed by atoms with Gasteiger partial charge in [-0.05, 0) is 155 Å². The zero-order chi connectivity index (χ0) is 26.5. The van der Waals surface area contributed by atoms with E-state index >= 15 is 0 Å². The summed E-state index contributed by atoms with van der Waals surface area (Å²) >= 11 is 0. The minimum Gasteiger partial charge on any atom is -0.312 e. The number of hydrogen-bond acceptors (Lipinski definition) is 5. The molecule has 9 aliphatic rings. The minimum atomic E-state index is 0.818. The van der Waals surface area contributed by atoms with E-state index in [0.717, 1.165) is 48.0 Å². The number of likely N-dealkylation sites (tertiary alicyclic amines) is 2. The molecular formula is C33H63N5. The molecule has 0 spiro atoms. The Kier molecular flexibility index (Phi) is 10.9. The number of fused-ring (bicyclic) bond motifs is 8. The van der Waals surface area contributed by atoms with Crippen LogP contribution in [0.1, 0.15) is 103 Å². The van der Waals surface area contributed by atoms with Crippen molar-refractivity contribution in [2.75, 3.05) is 60.9 Å². The highest BCUT2D eigenvalue weighted by Gasteiger charge is 2.36. The first-order chi connectivity index (χ1) is 18.5. The number of likely N-dealkylation sites (N-methyl/N-ethyl adjacent to an activating group) is 1. The Bertz CT molecular complexity index is 671. The number of nitrogens with zero attached hydrogens (tertiary/aromatic N) is 4. The second-order valence-electron chi connectivity index (χ2n) is 14.7. The summed E-state index contributed by atoms with van der Waals surface area (Å²) in [6.45, 7) is 6.64. The molecule has 0 amide bonds. The van der Waals surface area contributed by atoms with Crippen LogP contribution >= 0.6 is 0 Å². The quantitative estimate of drug-likeness (QED) is 0.459. The summed E-state index contributed by atoms with van der Waals surface area (Å²) in [6, 6.07) is 4.57. The van der Waals surface area contributed by atoms with Gasteiger partial charge in [0.2, 0.25) is 0 Å². The molecule has 9 rings (SSSR count). The van der Waals surface area contributed by atoms with Crippen LogP contribution in [0, 0.1) is 17.8 Å². The lowest BCUT2D eigenvalue weighted by Gasteiger charge is -2.43. The van der Waals surface area contributed by atoms with Crippen LogP contribution in [0.15, 0.2) is 0 Å². The van der Waals surface area contributed by atoms with Gasteiger partial charge >= 0.3 is 0 Å². The fourth-order valence-corrected chi connectivity index (χ4v) is 9.56. The molecule has 5 nitrogen and oxygen atoms in total. The molecule has 7 heterocycles. The van der Waals surface area contributed by atoms with Crippen LogP contribution in [0.3, 0.4) is 0 Å². The topological polar surface area (TPSA) is 25.0 Å². The van der Waals surface area contributed by atoms with Crippen LogP contribution in [0.5, 0.6) is 0 Å². The van der Waals surface area contributed by atoms with Gasteiger partial charge in [0, 0.05) is 43.3 Å². The molecule has 7 saturated heterocycles. The van der Waals surface area contributed by atoms with E-state index in [0.29, 0.717) is 0 Å². The van der Waals surface area contributed by atoms with Crippen LogP contribution < -0.4 is 5.32 Å². The normalized spacial score (nSPS) is 42.6. The zero-order valence-electron chi connectivity index (χ0n) is 25.8. The third kappa shape index (κ3) is 7.75. The fraction of sp³-hybridized carbons (Fsp3) is 1.00. The van der Waals surface area contributed by atoms with Gasteiger partial charge in [-0.1, -0.05) is 12.8 Å². The van der Waals surface area contributed by atoms with Gasteiger partial charge in [-0.25, -0.2) is 0 Å². The molecule has 0 radical (unpaired) electrons. The Labute approximate surface area is 236 Å². The molecule has 38 heavy (non-hydrogen) atoms. The van der Waals surface area contributed by atoms with E-state index in [4.69, 9.17) is 0 Å². The fourth-order valence-electron chi connectivity index (χ4n) is 9.56. The number of piperidine rings is 3. The lowest BCUT2D eigenvalue weighted by molar-refractivity contribution is 0.0727. The van der Waals surface area contributed by atoms with Crippen molar-refractivity contribution >= 4 is 0 Å². The van der Waals surface area contributed by atoms with E-state index in [1.807, 2.05) is 0 Å². The Balaban J connectivity index is 0.000000104. The zero-order valence-corrected chi connectivity index (χ0v) is 25.8. The lowest BCUT2D eigenvalue weighted by Crippen LogP contribution is -2.46. The average Bonchev–Trinajstić information content (AvgIpc) is 3.64. The average molecular weight is 530 g/mol. The van der Waals surface area contributed by atoms with Gasteiger partial charge in [0.25, 0.3) is 0 Å². The highest BCUT2D eigenvalue weighted by atomic mass is 15.2. The molecule has 1 N–H and O–H groups in total. The maximum Gasteiger partial charge on any atom is 0.0258 e. The molecule has 4 atom stereocenters. The van der Waals surface area contributed by atoms with E-state index in [2.05, 4.69) is 53.1 Å². The maximum atomic E-state index is 3.55. The molecule has 4 unspecified atom stereocenters. The summed E-state index contributed by atoms with van der Waals surface area (Å²) in [5.41, 5.74) is 0. The van der Waals surface area contributed by atoms with E-state index in [1.165, 1.54) is 135 Å². The van der Waals surface area contributed by atoms with Crippen molar-refractivity contribution < 1.29 is 0 Å². The summed E-state index contributed by atoms with van der Waals surface area (Å²) in [5, 5.41) is 3.55. The summed E-state index contributed by atoms with van der Waals surface area (Å²) < 4.78 is 0. The van der Waals surface area contributed by atoms with Gasteiger partial charge in [-0.3, -0.25) is 0 Å². The molecule has 9 fully saturated rings. The van der Waals surface area contributed by atoms with E-state index in [9.17, 15) is 0 Å². The lowest BCUT2D eigenvalue weighted by atomic mass is 9.80. The Morgan fingerprint density at radius 3 is 1.76 bits per heavy atom. The van der Waals surface area contributed by atoms with Crippen molar-refractivity contribution in [2.45, 2.75) is 133 Å². The first-order valence-electron chi connectivity index (χ1n) is 17.0. The minimum absolute atomic E-state index is 0.818. The van der Waals surface area contributed by atoms with Gasteiger partial charge in [0.1, 0.15) is 0 Å². The van der Waals surface area contributed by atoms with E-state index in [-0.39, 0.29) is 0 Å². The standard InChI is InChI=1S/C10H19N.C8H16N2.C8H15N.C7H13N/c1-11-6-5-9-3-2-4-10(7-9)8-11;1-10-6-2-3-7-8(10)4-5-9-7;1-9-6-7-2-4-8(9)5-3-7;1-8-6-2-3-7(8)5-4-6/h9-10H,2-8H2,1H3;7-9H,2-6H2,1H3;7-8H,2-6H2,1H3;6-7H,2-5H2,1H3. The van der Waals surface area contributed by atoms with Gasteiger partial charge in [0.05, 0.1) is 0 Å². The second kappa shape index (κ2) is 14.1. The Morgan fingerprint density at radius 1 is 0.526 bits per heavy atom. The summed E-state index contributed by atoms with van der Waals surface area (Å²) in [4.78, 5) is 10.1. The highest BCUT2D eigenvalue weighted by molar-refractivity contribution is 4.93. The largest absolute Gasteiger partial charge is 0.312 e. The predicted octanol–water partition coefficient (Wildman–Crippen LogP) is 5.30. The van der Waals surface area contributed by atoms with Crippen molar-refractivity contribution in [1.29, 1.82) is 0 Å². The van der Waals surface area contributed by atoms with Gasteiger partial charge in [0.15, 0.2) is 0 Å². The molecule has 0 aromatic carbocycles. The number of rotatable bonds is 0. The summed E-state index contributed by atoms with van der Waals surface area (Å²) in [5.74, 6) is 3.18. The summed E-state index contributed by atoms with van der Waals surface area (Å²) in [6.07, 6.45) is 23.5. The monoisotopic (exact) mass is 530 g/mol. The third-order valence-corrected chi connectivity index (χ3v) is 12.1. The van der Waals surface area contributed by atoms with Crippen LogP contribution in [0.4, 0.5) is 0 Å². The molecule has 5 heteroatoms. The molecule has 0 aromatic heterocycles. The SMILES string of the molecule is CN1C2CCC1CC2.CN1CC2CCC1CC2.CN1CCC2CCCC(C2)C1.CN1CCCC2NCCC21. The summed E-state index contributed by atoms with van der Waals surface area (Å²) in [7, 11) is 9.08. The second-order valence-corrected chi connectivity index (χ2v) is 14.7. The molecule has 2 saturated carbocycles. The first kappa shape index (κ1) is 29.3. The highest BCUT2D eigenvalue weighted by Crippen LogP contribution is 2.36. The first-order valence-corrected chi connectivity index (χ1v) is 17.0. The molecular weight excluding hydrogens is 466 g/mol. The van der Waals surface area contributed by atoms with Crippen molar-refractivity contribution in [3.05, 3.63) is 0 Å². The number of hydrogen-bond donors (Lipinski definition) is 1. The third-order valence-electron chi connectivity index (χ3n) is 12.1. The number of nitrogens with one attached hydrogen (secondary N) is 1. The van der Waals surface area contributed by atoms with E-state index < -0.39 is 0 Å². The maximum absolute atomic E-state index is 3.55. The van der Waals surface area contributed by atoms with E-state index in [1.54, 1.807) is 0 Å². The van der Waals surface area contributed by atoms with Crippen molar-refractivity contribution in [1.82, 2.24) is 24.9 Å². The van der Waals surface area contributed by atoms with Crippen molar-refractivity contribution in [2.24, 2.45) is 17.8 Å². The van der Waals surface area contributed by atoms with Crippen LogP contribution in [-0.2, 0) is 0 Å². The molecule has 7 aliphatic heterocycles. The molecule has 2 aliphatic carbocycles. The van der Waals surface area contributed by atoms with Gasteiger partial charge in [-0.15, -0.1) is 0 Å². The molecule has 0 aromatic rings. The smallest absolute Gasteiger partial charge is 0.0258 e. The van der Waals surface area contributed by atoms with Crippen molar-refractivity contribution in [3.63, 3.8) is 0 Å². The van der Waals surface area contributed by atoms with Gasteiger partial charge in [-0.2, -0.15) is 0 Å². The molecule has 220 valence electrons. The molecule has 6 bridgehead atoms.